The van der Waals surface area contributed by atoms with Crippen molar-refractivity contribution < 1.29 is 18.0 Å². The lowest BCUT2D eigenvalue weighted by molar-refractivity contribution is -0.137. The van der Waals surface area contributed by atoms with E-state index >= 15 is 0 Å². The molecular weight excluding hydrogens is 425 g/mol. The first-order chi connectivity index (χ1) is 15.3. The molecule has 184 valence electrons. The van der Waals surface area contributed by atoms with Crippen LogP contribution in [0.5, 0.6) is 0 Å². The van der Waals surface area contributed by atoms with Crippen LogP contribution in [0, 0.1) is 24.2 Å². The van der Waals surface area contributed by atoms with Crippen LogP contribution in [0.4, 0.5) is 13.2 Å². The molecule has 0 unspecified atom stereocenters. The summed E-state index contributed by atoms with van der Waals surface area (Å²) in [6.45, 7) is 18.7. The largest absolute Gasteiger partial charge is 0.416 e. The predicted molar refractivity (Wildman–Crippen MR) is 132 cm³/mol. The number of carbonyl (C=O) groups is 1. The number of carbonyl (C=O) groups excluding carboxylic acids is 1. The van der Waals surface area contributed by atoms with E-state index in [2.05, 4.69) is 32.3 Å². The van der Waals surface area contributed by atoms with Gasteiger partial charge >= 0.3 is 6.18 Å². The lowest BCUT2D eigenvalue weighted by atomic mass is 10.1. The van der Waals surface area contributed by atoms with Gasteiger partial charge in [-0.05, 0) is 63.3 Å². The fraction of sp³-hybridized carbons (Fsp3) is 0.444. The molecule has 33 heavy (non-hydrogen) atoms. The molecule has 2 aromatic rings. The predicted octanol–water partition coefficient (Wildman–Crippen LogP) is 8.37. The summed E-state index contributed by atoms with van der Waals surface area (Å²) < 4.78 is 36.3. The molecule has 1 aromatic carbocycles. The Balaban J connectivity index is -0.000000378. The maximum atomic E-state index is 12.1. The van der Waals surface area contributed by atoms with Gasteiger partial charge in [0.05, 0.1) is 5.56 Å². The van der Waals surface area contributed by atoms with Gasteiger partial charge in [-0.25, -0.2) is 4.98 Å². The average Bonchev–Trinajstić information content (AvgIpc) is 2.75. The van der Waals surface area contributed by atoms with E-state index in [1.165, 1.54) is 32.4 Å². The Morgan fingerprint density at radius 2 is 1.67 bits per heavy atom. The van der Waals surface area contributed by atoms with Crippen molar-refractivity contribution in [2.75, 3.05) is 0 Å². The molecular formula is C27H39F3N2O. The Hall–Kier alpha value is -2.94. The number of halogens is 3. The molecule has 0 bridgehead atoms. The summed E-state index contributed by atoms with van der Waals surface area (Å²) in [6, 6.07) is 10.9. The minimum absolute atomic E-state index is 0.167. The zero-order valence-electron chi connectivity index (χ0n) is 21.3. The zero-order chi connectivity index (χ0) is 26.4. The van der Waals surface area contributed by atoms with Crippen molar-refractivity contribution in [2.24, 2.45) is 5.92 Å². The standard InChI is InChI=1S/C9H9F3.C7H6N2.C5H12.C3H6O.C3H6/c1-2-7-4-3-5-8(6-7)9(10,11)12;1-6-2-3-7(4-8)9-5-6;1-4-5(2)3;1-3(2)4;1-3-2/h3-6H,2H2,1H3;2-3,5H,1H3;5H,4H2,1-3H3;1-2H3;3H,1H2,2H3. The number of hydrogen-bond donors (Lipinski definition) is 0. The highest BCUT2D eigenvalue weighted by molar-refractivity contribution is 5.72. The molecule has 0 fully saturated rings. The molecule has 0 aliphatic carbocycles. The summed E-state index contributed by atoms with van der Waals surface area (Å²) in [5, 5.41) is 8.32. The molecule has 2 rings (SSSR count). The van der Waals surface area contributed by atoms with Crippen molar-refractivity contribution in [1.82, 2.24) is 4.98 Å². The van der Waals surface area contributed by atoms with Gasteiger partial charge < -0.3 is 4.79 Å². The number of hydrogen-bond acceptors (Lipinski definition) is 3. The number of rotatable bonds is 2. The minimum atomic E-state index is -4.22. The Morgan fingerprint density at radius 1 is 1.18 bits per heavy atom. The molecule has 3 nitrogen and oxygen atoms in total. The van der Waals surface area contributed by atoms with E-state index in [9.17, 15) is 18.0 Å². The first-order valence-electron chi connectivity index (χ1n) is 10.8. The normalized spacial score (nSPS) is 9.18. The van der Waals surface area contributed by atoms with Crippen molar-refractivity contribution in [1.29, 1.82) is 5.26 Å². The van der Waals surface area contributed by atoms with Gasteiger partial charge in [0.2, 0.25) is 0 Å². The number of ketones is 1. The SMILES string of the molecule is C=CC.CC(C)=O.CCC(C)C.CCc1cccc(C(F)(F)F)c1.Cc1ccc(C#N)nc1. The lowest BCUT2D eigenvalue weighted by Gasteiger charge is -2.06. The Bertz CT molecular complexity index is 801. The maximum Gasteiger partial charge on any atom is 0.416 e. The molecule has 0 aliphatic rings. The van der Waals surface area contributed by atoms with Crippen LogP contribution in [-0.4, -0.2) is 10.8 Å². The van der Waals surface area contributed by atoms with E-state index in [4.69, 9.17) is 5.26 Å². The van der Waals surface area contributed by atoms with E-state index in [1.807, 2.05) is 32.9 Å². The van der Waals surface area contributed by atoms with Crippen LogP contribution in [0.15, 0.2) is 55.3 Å². The first-order valence-corrected chi connectivity index (χ1v) is 10.8. The van der Waals surface area contributed by atoms with Crippen molar-refractivity contribution in [2.45, 2.75) is 74.4 Å². The number of nitriles is 1. The van der Waals surface area contributed by atoms with Gasteiger partial charge in [0.1, 0.15) is 17.5 Å². The second kappa shape index (κ2) is 20.9. The minimum Gasteiger partial charge on any atom is -0.300 e. The summed E-state index contributed by atoms with van der Waals surface area (Å²) in [4.78, 5) is 13.3. The highest BCUT2D eigenvalue weighted by atomic mass is 19.4. The summed E-state index contributed by atoms with van der Waals surface area (Å²) in [5.74, 6) is 1.05. The van der Waals surface area contributed by atoms with E-state index in [1.54, 1.807) is 24.4 Å². The number of Topliss-reactive ketones (excluding diaryl/α,β-unsaturated/α-hetero) is 1. The van der Waals surface area contributed by atoms with Crippen molar-refractivity contribution in [3.8, 4) is 6.07 Å². The fourth-order valence-electron chi connectivity index (χ4n) is 1.50. The molecule has 0 amide bonds. The first kappa shape index (κ1) is 34.7. The van der Waals surface area contributed by atoms with Crippen molar-refractivity contribution in [3.63, 3.8) is 0 Å². The molecule has 0 atom stereocenters. The third-order valence-corrected chi connectivity index (χ3v) is 3.50. The number of aromatic nitrogens is 1. The average molecular weight is 465 g/mol. The van der Waals surface area contributed by atoms with Gasteiger partial charge in [-0.3, -0.25) is 0 Å². The molecule has 6 heteroatoms. The topological polar surface area (TPSA) is 53.8 Å². The van der Waals surface area contributed by atoms with E-state index in [0.717, 1.165) is 17.5 Å². The fourth-order valence-corrected chi connectivity index (χ4v) is 1.50. The number of benzene rings is 1. The Morgan fingerprint density at radius 3 is 1.97 bits per heavy atom. The molecule has 0 aliphatic heterocycles. The van der Waals surface area contributed by atoms with Crippen LogP contribution in [0.25, 0.3) is 0 Å². The van der Waals surface area contributed by atoms with Crippen molar-refractivity contribution >= 4 is 5.78 Å². The van der Waals surface area contributed by atoms with Gasteiger partial charge in [0.25, 0.3) is 0 Å². The maximum absolute atomic E-state index is 12.1. The van der Waals surface area contributed by atoms with Crippen LogP contribution < -0.4 is 0 Å². The van der Waals surface area contributed by atoms with E-state index in [0.29, 0.717) is 17.7 Å². The van der Waals surface area contributed by atoms with Gasteiger partial charge in [0.15, 0.2) is 0 Å². The molecule has 0 N–H and O–H groups in total. The second-order valence-corrected chi connectivity index (χ2v) is 7.50. The second-order valence-electron chi connectivity index (χ2n) is 7.50. The van der Waals surface area contributed by atoms with Gasteiger partial charge in [0, 0.05) is 6.20 Å². The van der Waals surface area contributed by atoms with Crippen molar-refractivity contribution in [3.05, 3.63) is 77.6 Å². The molecule has 0 radical (unpaired) electrons. The zero-order valence-corrected chi connectivity index (χ0v) is 21.3. The van der Waals surface area contributed by atoms with Crippen LogP contribution in [0.2, 0.25) is 0 Å². The smallest absolute Gasteiger partial charge is 0.300 e. The molecule has 0 saturated heterocycles. The molecule has 1 heterocycles. The monoisotopic (exact) mass is 464 g/mol. The van der Waals surface area contributed by atoms with Gasteiger partial charge in [-0.1, -0.05) is 64.5 Å². The molecule has 0 spiro atoms. The number of nitrogens with zero attached hydrogens (tertiary/aromatic N) is 2. The number of aryl methyl sites for hydroxylation is 2. The van der Waals surface area contributed by atoms with Crippen LogP contribution in [0.1, 0.15) is 77.3 Å². The highest BCUT2D eigenvalue weighted by Gasteiger charge is 2.30. The van der Waals surface area contributed by atoms with E-state index < -0.39 is 11.7 Å². The summed E-state index contributed by atoms with van der Waals surface area (Å²) in [5.41, 5.74) is 1.70. The van der Waals surface area contributed by atoms with Crippen LogP contribution in [0.3, 0.4) is 0 Å². The summed E-state index contributed by atoms with van der Waals surface area (Å²) in [6.07, 6.45) is 1.15. The Kier molecular flexibility index (Phi) is 22.0. The third kappa shape index (κ3) is 25.2. The van der Waals surface area contributed by atoms with Crippen LogP contribution in [-0.2, 0) is 17.4 Å². The highest BCUT2D eigenvalue weighted by Crippen LogP contribution is 2.29. The van der Waals surface area contributed by atoms with E-state index in [-0.39, 0.29) is 5.78 Å². The van der Waals surface area contributed by atoms with Crippen LogP contribution >= 0.6 is 0 Å². The molecule has 0 saturated carbocycles. The number of alkyl halides is 3. The molecule has 1 aromatic heterocycles. The lowest BCUT2D eigenvalue weighted by Crippen LogP contribution is -2.04. The Labute approximate surface area is 198 Å². The number of pyridine rings is 1. The summed E-state index contributed by atoms with van der Waals surface area (Å²) in [7, 11) is 0. The van der Waals surface area contributed by atoms with Gasteiger partial charge in [-0.2, -0.15) is 18.4 Å². The third-order valence-electron chi connectivity index (χ3n) is 3.50. The summed E-state index contributed by atoms with van der Waals surface area (Å²) >= 11 is 0. The number of allylic oxidation sites excluding steroid dienone is 1. The van der Waals surface area contributed by atoms with Gasteiger partial charge in [-0.15, -0.1) is 6.58 Å². The quantitative estimate of drug-likeness (QED) is 0.419.